The molecule has 0 aliphatic rings. The Morgan fingerprint density at radius 2 is 2.13 bits per heavy atom. The summed E-state index contributed by atoms with van der Waals surface area (Å²) in [6.45, 7) is 3.61. The van der Waals surface area contributed by atoms with Gasteiger partial charge in [-0.1, -0.05) is 5.16 Å². The molecule has 0 N–H and O–H groups in total. The van der Waals surface area contributed by atoms with Gasteiger partial charge < -0.3 is 14.0 Å². The van der Waals surface area contributed by atoms with Crippen molar-refractivity contribution in [2.75, 3.05) is 14.2 Å². The first-order chi connectivity index (χ1) is 6.99. The average molecular weight is 214 g/mol. The first kappa shape index (κ1) is 11.6. The van der Waals surface area contributed by atoms with Gasteiger partial charge in [-0.15, -0.1) is 0 Å². The van der Waals surface area contributed by atoms with Gasteiger partial charge in [0.2, 0.25) is 11.7 Å². The van der Waals surface area contributed by atoms with Gasteiger partial charge in [-0.3, -0.25) is 4.79 Å². The summed E-state index contributed by atoms with van der Waals surface area (Å²) in [5.41, 5.74) is -0.627. The van der Waals surface area contributed by atoms with Crippen LogP contribution < -0.4 is 0 Å². The molecule has 0 spiro atoms. The molecule has 1 heterocycles. The van der Waals surface area contributed by atoms with E-state index in [0.717, 1.165) is 0 Å². The first-order valence-electron chi connectivity index (χ1n) is 4.44. The molecular formula is C9H14N2O4. The monoisotopic (exact) mass is 214 g/mol. The Bertz CT molecular complexity index is 346. The summed E-state index contributed by atoms with van der Waals surface area (Å²) < 4.78 is 14.5. The van der Waals surface area contributed by atoms with E-state index < -0.39 is 11.6 Å². The molecule has 1 aromatic heterocycles. The van der Waals surface area contributed by atoms with Gasteiger partial charge in [0.05, 0.1) is 7.11 Å². The number of methoxy groups -OCH3 is 2. The van der Waals surface area contributed by atoms with Crippen molar-refractivity contribution in [2.45, 2.75) is 25.9 Å². The summed E-state index contributed by atoms with van der Waals surface area (Å²) >= 11 is 0. The first-order valence-corrected chi connectivity index (χ1v) is 4.44. The van der Waals surface area contributed by atoms with Crippen LogP contribution in [0, 0.1) is 0 Å². The van der Waals surface area contributed by atoms with E-state index in [1.165, 1.54) is 7.11 Å². The molecule has 0 amide bonds. The highest BCUT2D eigenvalue weighted by Gasteiger charge is 2.26. The van der Waals surface area contributed by atoms with Crippen molar-refractivity contribution in [3.8, 4) is 0 Å². The second kappa shape index (κ2) is 4.39. The minimum absolute atomic E-state index is 0.0245. The number of ether oxygens (including phenoxy) is 2. The van der Waals surface area contributed by atoms with E-state index in [9.17, 15) is 4.79 Å². The number of esters is 1. The zero-order chi connectivity index (χ0) is 11.5. The maximum atomic E-state index is 10.9. The maximum Gasteiger partial charge on any atom is 0.315 e. The van der Waals surface area contributed by atoms with Crippen LogP contribution in [0.25, 0.3) is 0 Å². The van der Waals surface area contributed by atoms with Crippen molar-refractivity contribution in [1.82, 2.24) is 10.1 Å². The van der Waals surface area contributed by atoms with Crippen LogP contribution in [0.5, 0.6) is 0 Å². The van der Waals surface area contributed by atoms with Gasteiger partial charge >= 0.3 is 5.97 Å². The van der Waals surface area contributed by atoms with Crippen molar-refractivity contribution in [3.63, 3.8) is 0 Å². The Hall–Kier alpha value is -1.43. The lowest BCUT2D eigenvalue weighted by molar-refractivity contribution is -0.140. The number of hydrogen-bond acceptors (Lipinski definition) is 6. The zero-order valence-electron chi connectivity index (χ0n) is 9.23. The van der Waals surface area contributed by atoms with Crippen LogP contribution in [0.15, 0.2) is 4.52 Å². The number of carbonyl (C=O) groups excluding carboxylic acids is 1. The van der Waals surface area contributed by atoms with Gasteiger partial charge in [0.15, 0.2) is 0 Å². The summed E-state index contributed by atoms with van der Waals surface area (Å²) in [5, 5.41) is 3.73. The molecule has 0 aliphatic carbocycles. The lowest BCUT2D eigenvalue weighted by Crippen LogP contribution is -2.21. The molecule has 1 rings (SSSR count). The van der Waals surface area contributed by atoms with Crippen LogP contribution in [0.4, 0.5) is 0 Å². The Kier molecular flexibility index (Phi) is 3.41. The zero-order valence-corrected chi connectivity index (χ0v) is 9.23. The van der Waals surface area contributed by atoms with E-state index >= 15 is 0 Å². The van der Waals surface area contributed by atoms with Crippen molar-refractivity contribution in [1.29, 1.82) is 0 Å². The number of rotatable bonds is 4. The average Bonchev–Trinajstić information content (AvgIpc) is 2.66. The van der Waals surface area contributed by atoms with E-state index in [1.54, 1.807) is 21.0 Å². The minimum atomic E-state index is -0.627. The van der Waals surface area contributed by atoms with Crippen molar-refractivity contribution >= 4 is 5.97 Å². The second-order valence-electron chi connectivity index (χ2n) is 3.48. The van der Waals surface area contributed by atoms with Crippen LogP contribution in [-0.2, 0) is 26.3 Å². The van der Waals surface area contributed by atoms with Crippen LogP contribution in [0.3, 0.4) is 0 Å². The van der Waals surface area contributed by atoms with Crippen LogP contribution in [0.1, 0.15) is 25.6 Å². The van der Waals surface area contributed by atoms with Gasteiger partial charge in [-0.25, -0.2) is 0 Å². The number of aromatic nitrogens is 2. The van der Waals surface area contributed by atoms with E-state index in [1.807, 2.05) is 0 Å². The number of nitrogens with zero attached hydrogens (tertiary/aromatic N) is 2. The summed E-state index contributed by atoms with van der Waals surface area (Å²) in [7, 11) is 2.86. The van der Waals surface area contributed by atoms with Crippen LogP contribution in [0.2, 0.25) is 0 Å². The van der Waals surface area contributed by atoms with E-state index in [4.69, 9.17) is 9.26 Å². The highest BCUT2D eigenvalue weighted by atomic mass is 16.5. The normalized spacial score (nSPS) is 11.5. The molecule has 0 saturated carbocycles. The minimum Gasteiger partial charge on any atom is -0.469 e. The number of carbonyl (C=O) groups is 1. The fraction of sp³-hybridized carbons (Fsp3) is 0.667. The molecule has 0 bridgehead atoms. The van der Waals surface area contributed by atoms with Gasteiger partial charge in [0, 0.05) is 7.11 Å². The van der Waals surface area contributed by atoms with E-state index in [2.05, 4.69) is 14.9 Å². The molecule has 84 valence electrons. The largest absolute Gasteiger partial charge is 0.469 e. The van der Waals surface area contributed by atoms with Gasteiger partial charge in [0.25, 0.3) is 0 Å². The Labute approximate surface area is 87.6 Å². The number of hydrogen-bond donors (Lipinski definition) is 0. The highest BCUT2D eigenvalue weighted by molar-refractivity contribution is 5.71. The predicted molar refractivity (Wildman–Crippen MR) is 50.1 cm³/mol. The lowest BCUT2D eigenvalue weighted by Gasteiger charge is -2.17. The molecule has 0 saturated heterocycles. The highest BCUT2D eigenvalue weighted by Crippen LogP contribution is 2.20. The Morgan fingerprint density at radius 1 is 1.47 bits per heavy atom. The van der Waals surface area contributed by atoms with Crippen LogP contribution >= 0.6 is 0 Å². The van der Waals surface area contributed by atoms with Crippen LogP contribution in [-0.4, -0.2) is 30.3 Å². The molecule has 6 nitrogen and oxygen atoms in total. The molecule has 0 radical (unpaired) electrons. The fourth-order valence-corrected chi connectivity index (χ4v) is 0.858. The third-order valence-corrected chi connectivity index (χ3v) is 2.04. The van der Waals surface area contributed by atoms with Gasteiger partial charge in [-0.05, 0) is 13.8 Å². The molecular weight excluding hydrogens is 200 g/mol. The molecule has 15 heavy (non-hydrogen) atoms. The van der Waals surface area contributed by atoms with Gasteiger partial charge in [-0.2, -0.15) is 4.98 Å². The van der Waals surface area contributed by atoms with Crippen molar-refractivity contribution in [3.05, 3.63) is 11.7 Å². The van der Waals surface area contributed by atoms with E-state index in [-0.39, 0.29) is 12.3 Å². The third-order valence-electron chi connectivity index (χ3n) is 2.04. The molecule has 0 aromatic carbocycles. The maximum absolute atomic E-state index is 10.9. The molecule has 0 aliphatic heterocycles. The quantitative estimate of drug-likeness (QED) is 0.685. The lowest BCUT2D eigenvalue weighted by atomic mass is 10.1. The SMILES string of the molecule is COC(=O)Cc1nc(C(C)(C)OC)no1. The summed E-state index contributed by atoms with van der Waals surface area (Å²) in [5.74, 6) is 0.214. The summed E-state index contributed by atoms with van der Waals surface area (Å²) in [4.78, 5) is 15.0. The second-order valence-corrected chi connectivity index (χ2v) is 3.48. The van der Waals surface area contributed by atoms with Gasteiger partial charge in [0.1, 0.15) is 12.0 Å². The molecule has 0 atom stereocenters. The Balaban J connectivity index is 2.76. The van der Waals surface area contributed by atoms with Crippen molar-refractivity contribution < 1.29 is 18.8 Å². The summed E-state index contributed by atoms with van der Waals surface area (Å²) in [6.07, 6.45) is -0.0245. The van der Waals surface area contributed by atoms with E-state index in [0.29, 0.717) is 5.82 Å². The van der Waals surface area contributed by atoms with Crippen molar-refractivity contribution in [2.24, 2.45) is 0 Å². The Morgan fingerprint density at radius 3 is 2.67 bits per heavy atom. The third kappa shape index (κ3) is 2.76. The molecule has 0 fully saturated rings. The topological polar surface area (TPSA) is 74.5 Å². The summed E-state index contributed by atoms with van der Waals surface area (Å²) in [6, 6.07) is 0. The molecule has 1 aromatic rings. The standard InChI is InChI=1S/C9H14N2O4/c1-9(2,14-4)8-10-6(15-11-8)5-7(12)13-3/h5H2,1-4H3. The smallest absolute Gasteiger partial charge is 0.315 e. The molecule has 0 unspecified atom stereocenters. The fourth-order valence-electron chi connectivity index (χ4n) is 0.858. The molecule has 6 heteroatoms. The predicted octanol–water partition coefficient (Wildman–Crippen LogP) is 0.667.